The van der Waals surface area contributed by atoms with Crippen molar-refractivity contribution in [1.29, 1.82) is 0 Å². The smallest absolute Gasteiger partial charge is 0.277 e. The molecule has 212 valence electrons. The number of hydrogen-bond donors (Lipinski definition) is 2. The molecule has 0 atom stereocenters. The number of hydrogen-bond acceptors (Lipinski definition) is 9. The van der Waals surface area contributed by atoms with Crippen molar-refractivity contribution in [3.63, 3.8) is 0 Å². The van der Waals surface area contributed by atoms with Crippen LogP contribution in [-0.4, -0.2) is 47.7 Å². The van der Waals surface area contributed by atoms with Crippen LogP contribution in [0.15, 0.2) is 87.5 Å². The molecule has 0 aliphatic rings. The lowest BCUT2D eigenvalue weighted by Crippen LogP contribution is -2.20. The number of ether oxygens (including phenoxy) is 2. The zero-order valence-electron chi connectivity index (χ0n) is 22.8. The van der Waals surface area contributed by atoms with E-state index in [1.807, 2.05) is 30.3 Å². The van der Waals surface area contributed by atoms with Gasteiger partial charge in [0.05, 0.1) is 19.1 Å². The third-order valence-corrected chi connectivity index (χ3v) is 6.69. The van der Waals surface area contributed by atoms with Crippen molar-refractivity contribution in [3.05, 3.63) is 95.4 Å². The molecule has 1 aromatic heterocycles. The van der Waals surface area contributed by atoms with Crippen LogP contribution in [0.1, 0.15) is 29.0 Å². The molecular weight excluding hydrogens is 542 g/mol. The fraction of sp³-hybridized carbons (Fsp3) is 0.233. The summed E-state index contributed by atoms with van der Waals surface area (Å²) in [6, 6.07) is 22.2. The van der Waals surface area contributed by atoms with E-state index >= 15 is 0 Å². The Balaban J connectivity index is 1.12. The minimum absolute atomic E-state index is 0.0852. The monoisotopic (exact) mass is 573 g/mol. The molecule has 0 aliphatic carbocycles. The van der Waals surface area contributed by atoms with Crippen molar-refractivity contribution >= 4 is 35.5 Å². The number of amides is 2. The van der Waals surface area contributed by atoms with Crippen molar-refractivity contribution in [2.75, 3.05) is 24.8 Å². The van der Waals surface area contributed by atoms with Crippen LogP contribution in [0.3, 0.4) is 0 Å². The van der Waals surface area contributed by atoms with Gasteiger partial charge in [-0.15, -0.1) is 10.2 Å². The van der Waals surface area contributed by atoms with Gasteiger partial charge >= 0.3 is 0 Å². The molecule has 0 aliphatic heterocycles. The van der Waals surface area contributed by atoms with E-state index in [9.17, 15) is 9.59 Å². The van der Waals surface area contributed by atoms with Crippen LogP contribution in [0.5, 0.6) is 11.5 Å². The third kappa shape index (κ3) is 9.80. The Hall–Kier alpha value is -4.64. The van der Waals surface area contributed by atoms with Gasteiger partial charge in [-0.3, -0.25) is 9.59 Å². The van der Waals surface area contributed by atoms with E-state index in [2.05, 4.69) is 39.0 Å². The van der Waals surface area contributed by atoms with E-state index in [0.29, 0.717) is 29.0 Å². The molecule has 3 aromatic carbocycles. The van der Waals surface area contributed by atoms with E-state index in [0.717, 1.165) is 35.9 Å². The Morgan fingerprint density at radius 1 is 0.976 bits per heavy atom. The summed E-state index contributed by atoms with van der Waals surface area (Å²) in [4.78, 5) is 24.2. The number of para-hydroxylation sites is 1. The van der Waals surface area contributed by atoms with Crippen LogP contribution in [0.25, 0.3) is 0 Å². The van der Waals surface area contributed by atoms with Gasteiger partial charge < -0.3 is 19.2 Å². The maximum atomic E-state index is 12.2. The predicted molar refractivity (Wildman–Crippen MR) is 158 cm³/mol. The highest BCUT2D eigenvalue weighted by Crippen LogP contribution is 2.20. The Kier molecular flexibility index (Phi) is 10.9. The van der Waals surface area contributed by atoms with E-state index in [-0.39, 0.29) is 24.2 Å². The fourth-order valence-electron chi connectivity index (χ4n) is 3.76. The molecule has 2 amide bonds. The van der Waals surface area contributed by atoms with Crippen LogP contribution in [0.2, 0.25) is 0 Å². The first-order chi connectivity index (χ1) is 20.0. The van der Waals surface area contributed by atoms with Gasteiger partial charge in [0.15, 0.2) is 6.61 Å². The third-order valence-electron chi connectivity index (χ3n) is 5.87. The summed E-state index contributed by atoms with van der Waals surface area (Å²) < 4.78 is 16.4. The van der Waals surface area contributed by atoms with Crippen LogP contribution >= 0.6 is 11.8 Å². The number of anilines is 1. The molecule has 0 bridgehead atoms. The summed E-state index contributed by atoms with van der Waals surface area (Å²) in [5.41, 5.74) is 6.38. The SMILES string of the molecule is COc1ccc(CCCc2nnc(SCC(=O)N/N=C/c3ccc(OCC(=O)Nc4ccccc4)cc3)o2)c(C)c1. The minimum Gasteiger partial charge on any atom is -0.497 e. The van der Waals surface area contributed by atoms with Crippen LogP contribution in [0.4, 0.5) is 5.69 Å². The number of nitrogens with zero attached hydrogens (tertiary/aromatic N) is 3. The average Bonchev–Trinajstić information content (AvgIpc) is 3.44. The zero-order valence-corrected chi connectivity index (χ0v) is 23.6. The molecule has 0 fully saturated rings. The normalized spacial score (nSPS) is 10.9. The molecule has 0 saturated carbocycles. The summed E-state index contributed by atoms with van der Waals surface area (Å²) >= 11 is 1.15. The summed E-state index contributed by atoms with van der Waals surface area (Å²) in [6.45, 7) is 1.96. The highest BCUT2D eigenvalue weighted by atomic mass is 32.2. The molecule has 2 N–H and O–H groups in total. The van der Waals surface area contributed by atoms with Gasteiger partial charge in [0.2, 0.25) is 5.89 Å². The summed E-state index contributed by atoms with van der Waals surface area (Å²) in [7, 11) is 1.66. The maximum absolute atomic E-state index is 12.2. The van der Waals surface area contributed by atoms with Crippen molar-refractivity contribution in [1.82, 2.24) is 15.6 Å². The first-order valence-electron chi connectivity index (χ1n) is 13.0. The number of nitrogens with one attached hydrogen (secondary N) is 2. The van der Waals surface area contributed by atoms with Crippen molar-refractivity contribution in [2.24, 2.45) is 5.10 Å². The fourth-order valence-corrected chi connectivity index (χ4v) is 4.33. The molecule has 0 unspecified atom stereocenters. The first kappa shape index (κ1) is 29.3. The van der Waals surface area contributed by atoms with Crippen molar-refractivity contribution < 1.29 is 23.5 Å². The second-order valence-electron chi connectivity index (χ2n) is 8.96. The predicted octanol–water partition coefficient (Wildman–Crippen LogP) is 4.82. The Bertz CT molecular complexity index is 1460. The van der Waals surface area contributed by atoms with Gasteiger partial charge in [0.1, 0.15) is 11.5 Å². The highest BCUT2D eigenvalue weighted by Gasteiger charge is 2.10. The minimum atomic E-state index is -0.301. The lowest BCUT2D eigenvalue weighted by atomic mass is 10.0. The van der Waals surface area contributed by atoms with Gasteiger partial charge in [0.25, 0.3) is 17.0 Å². The van der Waals surface area contributed by atoms with Crippen LogP contribution < -0.4 is 20.2 Å². The number of methoxy groups -OCH3 is 1. The molecule has 0 saturated heterocycles. The molecule has 0 radical (unpaired) electrons. The lowest BCUT2D eigenvalue weighted by molar-refractivity contribution is -0.119. The van der Waals surface area contributed by atoms with Gasteiger partial charge in [0, 0.05) is 12.1 Å². The summed E-state index contributed by atoms with van der Waals surface area (Å²) in [6.07, 6.45) is 3.93. The highest BCUT2D eigenvalue weighted by molar-refractivity contribution is 7.99. The number of aromatic nitrogens is 2. The molecule has 1 heterocycles. The summed E-state index contributed by atoms with van der Waals surface area (Å²) in [5, 5.41) is 15.2. The second kappa shape index (κ2) is 15.2. The van der Waals surface area contributed by atoms with Crippen LogP contribution in [0, 0.1) is 6.92 Å². The Morgan fingerprint density at radius 2 is 1.76 bits per heavy atom. The maximum Gasteiger partial charge on any atom is 0.277 e. The number of carbonyl (C=O) groups excluding carboxylic acids is 2. The van der Waals surface area contributed by atoms with Crippen molar-refractivity contribution in [2.45, 2.75) is 31.4 Å². The average molecular weight is 574 g/mol. The van der Waals surface area contributed by atoms with Gasteiger partial charge in [-0.05, 0) is 85.0 Å². The molecule has 4 aromatic rings. The standard InChI is InChI=1S/C30H31N5O5S/c1-21-17-26(38-2)16-13-23(21)7-6-10-29-34-35-30(40-29)41-20-28(37)33-31-18-22-11-14-25(15-12-22)39-19-27(36)32-24-8-4-3-5-9-24/h3-5,8-9,11-18H,6-7,10,19-20H2,1-2H3,(H,32,36)(H,33,37)/b31-18+. The zero-order chi connectivity index (χ0) is 28.9. The molecule has 11 heteroatoms. The first-order valence-corrected chi connectivity index (χ1v) is 14.0. The number of hydrazone groups is 1. The molecule has 10 nitrogen and oxygen atoms in total. The molecular formula is C30H31N5O5S. The Morgan fingerprint density at radius 3 is 2.51 bits per heavy atom. The quantitative estimate of drug-likeness (QED) is 0.125. The van der Waals surface area contributed by atoms with E-state index < -0.39 is 0 Å². The number of thioether (sulfide) groups is 1. The van der Waals surface area contributed by atoms with Crippen LogP contribution in [-0.2, 0) is 22.4 Å². The van der Waals surface area contributed by atoms with Crippen molar-refractivity contribution in [3.8, 4) is 11.5 Å². The molecule has 4 rings (SSSR count). The second-order valence-corrected chi connectivity index (χ2v) is 9.89. The topological polar surface area (TPSA) is 128 Å². The van der Waals surface area contributed by atoms with E-state index in [4.69, 9.17) is 13.9 Å². The van der Waals surface area contributed by atoms with Gasteiger partial charge in [-0.25, -0.2) is 5.43 Å². The number of carbonyl (C=O) groups is 2. The van der Waals surface area contributed by atoms with Gasteiger partial charge in [-0.1, -0.05) is 36.0 Å². The lowest BCUT2D eigenvalue weighted by Gasteiger charge is -2.07. The molecule has 41 heavy (non-hydrogen) atoms. The molecule has 0 spiro atoms. The number of aryl methyl sites for hydroxylation is 3. The Labute approximate surface area is 242 Å². The van der Waals surface area contributed by atoms with E-state index in [1.54, 1.807) is 43.5 Å². The largest absolute Gasteiger partial charge is 0.497 e. The number of rotatable bonds is 14. The summed E-state index contributed by atoms with van der Waals surface area (Å²) in [5.74, 6) is 1.47. The van der Waals surface area contributed by atoms with Gasteiger partial charge in [-0.2, -0.15) is 5.10 Å². The number of benzene rings is 3. The van der Waals surface area contributed by atoms with E-state index in [1.165, 1.54) is 17.3 Å².